The molecule has 3 aliphatic rings. The van der Waals surface area contributed by atoms with Crippen molar-refractivity contribution in [2.45, 2.75) is 16.5 Å². The van der Waals surface area contributed by atoms with E-state index in [2.05, 4.69) is 12.2 Å². The van der Waals surface area contributed by atoms with Gasteiger partial charge in [0, 0.05) is 11.3 Å². The van der Waals surface area contributed by atoms with Gasteiger partial charge in [0.1, 0.15) is 11.5 Å². The molecule has 6 nitrogen and oxygen atoms in total. The number of ether oxygens (including phenoxy) is 2. The minimum Gasteiger partial charge on any atom is -0.497 e. The van der Waals surface area contributed by atoms with Crippen molar-refractivity contribution in [1.82, 2.24) is 4.98 Å². The highest BCUT2D eigenvalue weighted by Gasteiger charge is 2.59. The van der Waals surface area contributed by atoms with Gasteiger partial charge in [0.05, 0.1) is 42.0 Å². The molecule has 0 radical (unpaired) electrons. The Balaban J connectivity index is 1.24. The monoisotopic (exact) mass is 478 g/mol. The van der Waals surface area contributed by atoms with Crippen LogP contribution >= 0.6 is 23.1 Å². The fourth-order valence-corrected chi connectivity index (χ4v) is 7.46. The van der Waals surface area contributed by atoms with Crippen molar-refractivity contribution in [3.05, 3.63) is 54.1 Å². The Bertz CT molecular complexity index is 1290. The number of hydrogen-bond acceptors (Lipinski definition) is 7. The molecule has 168 valence electrons. The average Bonchev–Trinajstić information content (AvgIpc) is 3.60. The second-order valence-electron chi connectivity index (χ2n) is 8.61. The third-order valence-electron chi connectivity index (χ3n) is 6.92. The first kappa shape index (κ1) is 20.7. The number of nitrogens with zero attached hydrogens (tertiary/aromatic N) is 2. The molecule has 2 fully saturated rings. The topological polar surface area (TPSA) is 68.7 Å². The summed E-state index contributed by atoms with van der Waals surface area (Å²) in [6.07, 6.45) is 5.18. The van der Waals surface area contributed by atoms with Crippen LogP contribution in [0.4, 0.5) is 5.69 Å². The largest absolute Gasteiger partial charge is 0.497 e. The lowest BCUT2D eigenvalue weighted by molar-refractivity contribution is -0.123. The van der Waals surface area contributed by atoms with Gasteiger partial charge >= 0.3 is 0 Å². The number of imide groups is 1. The summed E-state index contributed by atoms with van der Waals surface area (Å²) >= 11 is 3.19. The first-order valence-electron chi connectivity index (χ1n) is 10.9. The zero-order valence-electron chi connectivity index (χ0n) is 18.2. The number of allylic oxidation sites excluding steroid dienone is 2. The van der Waals surface area contributed by atoms with Gasteiger partial charge in [-0.15, -0.1) is 11.3 Å². The summed E-state index contributed by atoms with van der Waals surface area (Å²) in [5.41, 5.74) is 2.55. The lowest BCUT2D eigenvalue weighted by Gasteiger charge is -2.17. The molecule has 1 aliphatic heterocycles. The van der Waals surface area contributed by atoms with Crippen molar-refractivity contribution >= 4 is 50.8 Å². The number of carbonyl (C=O) groups excluding carboxylic acids is 2. The minimum absolute atomic E-state index is 0.0505. The zero-order valence-corrected chi connectivity index (χ0v) is 19.8. The summed E-state index contributed by atoms with van der Waals surface area (Å²) in [5.74, 6) is 2.24. The van der Waals surface area contributed by atoms with E-state index in [1.54, 1.807) is 37.3 Å². The van der Waals surface area contributed by atoms with E-state index in [1.807, 2.05) is 36.4 Å². The number of anilines is 1. The molecular formula is C25H22N2O4S2. The highest BCUT2D eigenvalue weighted by molar-refractivity contribution is 8.00. The molecule has 2 aromatic carbocycles. The number of thiazole rings is 1. The van der Waals surface area contributed by atoms with Gasteiger partial charge in [0.15, 0.2) is 4.34 Å². The number of aromatic nitrogens is 1. The number of benzene rings is 2. The summed E-state index contributed by atoms with van der Waals surface area (Å²) in [5, 5.41) is 0. The molecule has 8 heteroatoms. The first-order chi connectivity index (χ1) is 16.1. The molecule has 0 unspecified atom stereocenters. The Morgan fingerprint density at radius 3 is 2.48 bits per heavy atom. The number of thioether (sulfide) groups is 1. The molecule has 2 aliphatic carbocycles. The van der Waals surface area contributed by atoms with Crippen LogP contribution in [-0.2, 0) is 15.3 Å². The van der Waals surface area contributed by atoms with Crippen molar-refractivity contribution < 1.29 is 19.1 Å². The Morgan fingerprint density at radius 2 is 1.79 bits per heavy atom. The van der Waals surface area contributed by atoms with Gasteiger partial charge in [-0.2, -0.15) is 0 Å². The third-order valence-corrected chi connectivity index (χ3v) is 9.13. The molecule has 1 saturated carbocycles. The average molecular weight is 479 g/mol. The number of methoxy groups -OCH3 is 2. The van der Waals surface area contributed by atoms with Gasteiger partial charge < -0.3 is 9.47 Å². The van der Waals surface area contributed by atoms with Crippen LogP contribution in [0.2, 0.25) is 0 Å². The maximum Gasteiger partial charge on any atom is 0.238 e. The highest BCUT2D eigenvalue weighted by Crippen LogP contribution is 2.53. The fourth-order valence-electron chi connectivity index (χ4n) is 5.38. The van der Waals surface area contributed by atoms with Crippen LogP contribution in [0, 0.1) is 23.7 Å². The predicted molar refractivity (Wildman–Crippen MR) is 129 cm³/mol. The van der Waals surface area contributed by atoms with Gasteiger partial charge in [-0.3, -0.25) is 9.59 Å². The minimum atomic E-state index is -0.186. The van der Waals surface area contributed by atoms with E-state index in [1.165, 1.54) is 4.90 Å². The van der Waals surface area contributed by atoms with Crippen molar-refractivity contribution in [3.8, 4) is 11.5 Å². The van der Waals surface area contributed by atoms with E-state index in [9.17, 15) is 9.59 Å². The number of amides is 2. The number of rotatable bonds is 6. The van der Waals surface area contributed by atoms with E-state index in [0.717, 1.165) is 38.0 Å². The molecule has 33 heavy (non-hydrogen) atoms. The molecule has 0 spiro atoms. The molecule has 1 aromatic heterocycles. The fraction of sp³-hybridized carbons (Fsp3) is 0.320. The molecule has 2 bridgehead atoms. The standard InChI is InChI=1S/C25H22N2O4S2/c1-30-17-6-8-19(31-2)15(10-17)12-32-25-26-18-7-5-16(11-20(18)33-25)27-23(28)21-13-3-4-14(9-13)22(21)24(27)29/h3-8,10-11,13-14,21-22H,9,12H2,1-2H3/t13-,14-,21+,22+/m0/s1. The Kier molecular flexibility index (Phi) is 4.96. The highest BCUT2D eigenvalue weighted by atomic mass is 32.2. The van der Waals surface area contributed by atoms with Crippen LogP contribution in [0.3, 0.4) is 0 Å². The molecule has 2 amide bonds. The zero-order chi connectivity index (χ0) is 22.7. The van der Waals surface area contributed by atoms with Crippen molar-refractivity contribution in [1.29, 1.82) is 0 Å². The van der Waals surface area contributed by atoms with E-state index in [4.69, 9.17) is 14.5 Å². The molecule has 1 saturated heterocycles. The van der Waals surface area contributed by atoms with Crippen molar-refractivity contribution in [2.75, 3.05) is 19.1 Å². The molecule has 3 aromatic rings. The van der Waals surface area contributed by atoms with E-state index in [-0.39, 0.29) is 35.5 Å². The maximum absolute atomic E-state index is 13.1. The summed E-state index contributed by atoms with van der Waals surface area (Å²) in [7, 11) is 3.31. The Labute approximate surface area is 199 Å². The van der Waals surface area contributed by atoms with Gasteiger partial charge in [0.25, 0.3) is 0 Å². The molecular weight excluding hydrogens is 456 g/mol. The van der Waals surface area contributed by atoms with Crippen LogP contribution in [0.1, 0.15) is 12.0 Å². The quantitative estimate of drug-likeness (QED) is 0.285. The predicted octanol–water partition coefficient (Wildman–Crippen LogP) is 4.92. The van der Waals surface area contributed by atoms with Crippen LogP contribution in [0.5, 0.6) is 11.5 Å². The SMILES string of the molecule is COc1ccc(OC)c(CSc2nc3ccc(N4C(=O)[C@H]5[C@H](C4=O)[C@H]4C=C[C@H]5C4)cc3s2)c1. The maximum atomic E-state index is 13.1. The number of carbonyl (C=O) groups is 2. The second-order valence-corrected chi connectivity index (χ2v) is 10.9. The lowest BCUT2D eigenvalue weighted by atomic mass is 9.85. The van der Waals surface area contributed by atoms with Gasteiger partial charge in [-0.1, -0.05) is 23.9 Å². The van der Waals surface area contributed by atoms with Crippen LogP contribution in [-0.4, -0.2) is 31.0 Å². The van der Waals surface area contributed by atoms with E-state index in [0.29, 0.717) is 11.4 Å². The van der Waals surface area contributed by atoms with Crippen LogP contribution in [0.25, 0.3) is 10.2 Å². The van der Waals surface area contributed by atoms with Crippen LogP contribution < -0.4 is 14.4 Å². The third kappa shape index (κ3) is 3.27. The summed E-state index contributed by atoms with van der Waals surface area (Å²) in [4.78, 5) is 32.4. The lowest BCUT2D eigenvalue weighted by Crippen LogP contribution is -2.32. The van der Waals surface area contributed by atoms with Crippen LogP contribution in [0.15, 0.2) is 52.9 Å². The van der Waals surface area contributed by atoms with Gasteiger partial charge in [-0.05, 0) is 54.7 Å². The van der Waals surface area contributed by atoms with Crippen molar-refractivity contribution in [3.63, 3.8) is 0 Å². The molecule has 6 rings (SSSR count). The molecule has 2 heterocycles. The van der Waals surface area contributed by atoms with E-state index >= 15 is 0 Å². The van der Waals surface area contributed by atoms with Gasteiger partial charge in [0.2, 0.25) is 11.8 Å². The smallest absolute Gasteiger partial charge is 0.238 e. The Hall–Kier alpha value is -2.84. The molecule has 0 N–H and O–H groups in total. The Morgan fingerprint density at radius 1 is 1.03 bits per heavy atom. The normalized spacial score (nSPS) is 25.3. The first-order valence-corrected chi connectivity index (χ1v) is 12.7. The van der Waals surface area contributed by atoms with Crippen molar-refractivity contribution in [2.24, 2.45) is 23.7 Å². The molecule has 4 atom stereocenters. The summed E-state index contributed by atoms with van der Waals surface area (Å²) < 4.78 is 12.7. The number of hydrogen-bond donors (Lipinski definition) is 0. The number of fused-ring (bicyclic) bond motifs is 6. The summed E-state index contributed by atoms with van der Waals surface area (Å²) in [6, 6.07) is 11.4. The second kappa shape index (κ2) is 7.88. The summed E-state index contributed by atoms with van der Waals surface area (Å²) in [6.45, 7) is 0. The van der Waals surface area contributed by atoms with Gasteiger partial charge in [-0.25, -0.2) is 9.88 Å². The van der Waals surface area contributed by atoms with E-state index < -0.39 is 0 Å².